The first kappa shape index (κ1) is 20.7. The van der Waals surface area contributed by atoms with Gasteiger partial charge in [-0.2, -0.15) is 17.9 Å². The van der Waals surface area contributed by atoms with E-state index in [-0.39, 0.29) is 10.8 Å². The molecule has 1 heterocycles. The minimum absolute atomic E-state index is 0.133. The SMILES string of the molecule is CC(=O)Nc1ccc(C2=NN(S(=O)(=O)c3ccccc3)C(c3ccc(F)cc3)C2)cc1. The molecule has 31 heavy (non-hydrogen) atoms. The molecule has 0 aliphatic carbocycles. The lowest BCUT2D eigenvalue weighted by Gasteiger charge is -2.23. The summed E-state index contributed by atoms with van der Waals surface area (Å²) in [6, 6.07) is 20.3. The lowest BCUT2D eigenvalue weighted by atomic mass is 9.99. The molecule has 0 bridgehead atoms. The van der Waals surface area contributed by atoms with Gasteiger partial charge >= 0.3 is 0 Å². The third-order valence-electron chi connectivity index (χ3n) is 4.95. The van der Waals surface area contributed by atoms with Crippen LogP contribution in [-0.2, 0) is 14.8 Å². The number of hydrogen-bond acceptors (Lipinski definition) is 4. The Morgan fingerprint density at radius 1 is 1.00 bits per heavy atom. The first-order valence-electron chi connectivity index (χ1n) is 9.65. The second-order valence-corrected chi connectivity index (χ2v) is 8.96. The number of sulfonamides is 1. The van der Waals surface area contributed by atoms with E-state index >= 15 is 0 Å². The number of rotatable bonds is 5. The van der Waals surface area contributed by atoms with Crippen molar-refractivity contribution >= 4 is 27.3 Å². The van der Waals surface area contributed by atoms with Crippen molar-refractivity contribution in [1.82, 2.24) is 4.41 Å². The molecule has 4 rings (SSSR count). The van der Waals surface area contributed by atoms with E-state index in [1.807, 2.05) is 0 Å². The molecular formula is C23H20FN3O3S. The number of nitrogens with zero attached hydrogens (tertiary/aromatic N) is 2. The largest absolute Gasteiger partial charge is 0.326 e. The zero-order chi connectivity index (χ0) is 22.0. The van der Waals surface area contributed by atoms with Crippen LogP contribution in [0.1, 0.15) is 30.5 Å². The van der Waals surface area contributed by atoms with Gasteiger partial charge in [0.2, 0.25) is 5.91 Å². The van der Waals surface area contributed by atoms with Crippen LogP contribution in [0.2, 0.25) is 0 Å². The number of anilines is 1. The van der Waals surface area contributed by atoms with Crippen molar-refractivity contribution in [3.63, 3.8) is 0 Å². The molecule has 1 amide bonds. The van der Waals surface area contributed by atoms with E-state index in [9.17, 15) is 17.6 Å². The summed E-state index contributed by atoms with van der Waals surface area (Å²) in [5.74, 6) is -0.573. The molecular weight excluding hydrogens is 417 g/mol. The van der Waals surface area contributed by atoms with E-state index in [0.29, 0.717) is 23.4 Å². The zero-order valence-electron chi connectivity index (χ0n) is 16.7. The van der Waals surface area contributed by atoms with Crippen LogP contribution in [0.5, 0.6) is 0 Å². The maximum atomic E-state index is 13.4. The van der Waals surface area contributed by atoms with Gasteiger partial charge in [-0.25, -0.2) is 4.39 Å². The fraction of sp³-hybridized carbons (Fsp3) is 0.130. The summed E-state index contributed by atoms with van der Waals surface area (Å²) in [6.07, 6.45) is 0.331. The molecule has 3 aromatic carbocycles. The molecule has 1 aliphatic rings. The highest BCUT2D eigenvalue weighted by molar-refractivity contribution is 7.89. The number of halogens is 1. The highest BCUT2D eigenvalue weighted by Crippen LogP contribution is 2.37. The Morgan fingerprint density at radius 2 is 1.65 bits per heavy atom. The predicted octanol–water partition coefficient (Wildman–Crippen LogP) is 4.32. The van der Waals surface area contributed by atoms with Crippen molar-refractivity contribution in [2.45, 2.75) is 24.3 Å². The number of hydrogen-bond donors (Lipinski definition) is 1. The molecule has 3 aromatic rings. The van der Waals surface area contributed by atoms with Crippen LogP contribution in [0, 0.1) is 5.82 Å². The molecule has 0 saturated heterocycles. The van der Waals surface area contributed by atoms with Gasteiger partial charge in [-0.3, -0.25) is 4.79 Å². The third-order valence-corrected chi connectivity index (χ3v) is 6.65. The lowest BCUT2D eigenvalue weighted by Crippen LogP contribution is -2.27. The molecule has 0 radical (unpaired) electrons. The van der Waals surface area contributed by atoms with Crippen molar-refractivity contribution in [1.29, 1.82) is 0 Å². The van der Waals surface area contributed by atoms with Gasteiger partial charge in [-0.15, -0.1) is 0 Å². The molecule has 1 N–H and O–H groups in total. The Labute approximate surface area is 180 Å². The van der Waals surface area contributed by atoms with E-state index < -0.39 is 21.9 Å². The molecule has 0 fully saturated rings. The lowest BCUT2D eigenvalue weighted by molar-refractivity contribution is -0.114. The quantitative estimate of drug-likeness (QED) is 0.646. The maximum Gasteiger partial charge on any atom is 0.279 e. The van der Waals surface area contributed by atoms with Crippen LogP contribution >= 0.6 is 0 Å². The smallest absolute Gasteiger partial charge is 0.279 e. The highest BCUT2D eigenvalue weighted by Gasteiger charge is 2.37. The average Bonchev–Trinajstić information content (AvgIpc) is 3.21. The molecule has 1 atom stereocenters. The Hall–Kier alpha value is -3.52. The molecule has 0 spiro atoms. The van der Waals surface area contributed by atoms with Crippen LogP contribution in [0.25, 0.3) is 0 Å². The summed E-state index contributed by atoms with van der Waals surface area (Å²) in [5.41, 5.74) is 2.61. The second kappa shape index (κ2) is 8.31. The molecule has 8 heteroatoms. The van der Waals surface area contributed by atoms with Gasteiger partial charge in [0.25, 0.3) is 10.0 Å². The summed E-state index contributed by atoms with van der Waals surface area (Å²) in [5, 5.41) is 7.15. The van der Waals surface area contributed by atoms with Crippen LogP contribution in [0.3, 0.4) is 0 Å². The number of carbonyl (C=O) groups excluding carboxylic acids is 1. The summed E-state index contributed by atoms with van der Waals surface area (Å²) >= 11 is 0. The molecule has 6 nitrogen and oxygen atoms in total. The molecule has 1 unspecified atom stereocenters. The van der Waals surface area contributed by atoms with Crippen LogP contribution < -0.4 is 5.32 Å². The molecule has 158 valence electrons. The van der Waals surface area contributed by atoms with Gasteiger partial charge in [0, 0.05) is 19.0 Å². The van der Waals surface area contributed by atoms with Gasteiger partial charge in [0.15, 0.2) is 0 Å². The van der Waals surface area contributed by atoms with E-state index in [4.69, 9.17) is 0 Å². The van der Waals surface area contributed by atoms with E-state index in [1.54, 1.807) is 54.6 Å². The van der Waals surface area contributed by atoms with Crippen LogP contribution in [-0.4, -0.2) is 24.5 Å². The number of amides is 1. The van der Waals surface area contributed by atoms with Gasteiger partial charge in [-0.05, 0) is 47.5 Å². The number of benzene rings is 3. The summed E-state index contributed by atoms with van der Waals surface area (Å²) in [6.45, 7) is 1.43. The van der Waals surface area contributed by atoms with Crippen molar-refractivity contribution in [3.8, 4) is 0 Å². The molecule has 0 saturated carbocycles. The van der Waals surface area contributed by atoms with Gasteiger partial charge in [0.05, 0.1) is 16.6 Å². The summed E-state index contributed by atoms with van der Waals surface area (Å²) < 4.78 is 41.2. The number of nitrogens with one attached hydrogen (secondary N) is 1. The average molecular weight is 437 g/mol. The first-order valence-corrected chi connectivity index (χ1v) is 11.1. The highest BCUT2D eigenvalue weighted by atomic mass is 32.2. The minimum Gasteiger partial charge on any atom is -0.326 e. The second-order valence-electron chi connectivity index (χ2n) is 7.17. The van der Waals surface area contributed by atoms with E-state index in [0.717, 1.165) is 9.98 Å². The predicted molar refractivity (Wildman–Crippen MR) is 117 cm³/mol. The summed E-state index contributed by atoms with van der Waals surface area (Å²) in [7, 11) is -3.92. The Bertz CT molecular complexity index is 1230. The van der Waals surface area contributed by atoms with Crippen molar-refractivity contribution < 1.29 is 17.6 Å². The first-order chi connectivity index (χ1) is 14.8. The monoisotopic (exact) mass is 437 g/mol. The number of hydrazone groups is 1. The fourth-order valence-electron chi connectivity index (χ4n) is 3.47. The third kappa shape index (κ3) is 4.34. The van der Waals surface area contributed by atoms with E-state index in [2.05, 4.69) is 10.4 Å². The molecule has 0 aromatic heterocycles. The van der Waals surface area contributed by atoms with Gasteiger partial charge in [-0.1, -0.05) is 42.5 Å². The topological polar surface area (TPSA) is 78.8 Å². The fourth-order valence-corrected chi connectivity index (χ4v) is 4.92. The standard InChI is InChI=1S/C23H20FN3O3S/c1-16(28)25-20-13-9-17(10-14-20)22-15-23(18-7-11-19(24)12-8-18)27(26-22)31(29,30)21-5-3-2-4-6-21/h2-14,23H,15H2,1H3,(H,25,28). The van der Waals surface area contributed by atoms with Crippen molar-refractivity contribution in [2.24, 2.45) is 5.10 Å². The van der Waals surface area contributed by atoms with Crippen LogP contribution in [0.15, 0.2) is 88.9 Å². The summed E-state index contributed by atoms with van der Waals surface area (Å²) in [4.78, 5) is 11.4. The Kier molecular flexibility index (Phi) is 5.56. The Balaban J connectivity index is 1.73. The minimum atomic E-state index is -3.92. The van der Waals surface area contributed by atoms with Crippen molar-refractivity contribution in [3.05, 3.63) is 95.8 Å². The normalized spacial score (nSPS) is 16.1. The van der Waals surface area contributed by atoms with Crippen molar-refractivity contribution in [2.75, 3.05) is 5.32 Å². The van der Waals surface area contributed by atoms with Crippen LogP contribution in [0.4, 0.5) is 10.1 Å². The Morgan fingerprint density at radius 3 is 2.26 bits per heavy atom. The maximum absolute atomic E-state index is 13.4. The molecule has 1 aliphatic heterocycles. The van der Waals surface area contributed by atoms with E-state index in [1.165, 1.54) is 31.2 Å². The van der Waals surface area contributed by atoms with Gasteiger partial charge < -0.3 is 5.32 Å². The van der Waals surface area contributed by atoms with Gasteiger partial charge in [0.1, 0.15) is 5.82 Å². The zero-order valence-corrected chi connectivity index (χ0v) is 17.5. The number of carbonyl (C=O) groups is 1.